The summed E-state index contributed by atoms with van der Waals surface area (Å²) in [5.41, 5.74) is 1.20. The Morgan fingerprint density at radius 1 is 0.963 bits per heavy atom. The summed E-state index contributed by atoms with van der Waals surface area (Å²) in [7, 11) is 4.25. The fourth-order valence-corrected chi connectivity index (χ4v) is 3.14. The zero-order valence-corrected chi connectivity index (χ0v) is 15.2. The van der Waals surface area contributed by atoms with Crippen molar-refractivity contribution in [1.29, 1.82) is 0 Å². The summed E-state index contributed by atoms with van der Waals surface area (Å²) in [4.78, 5) is 38.9. The van der Waals surface area contributed by atoms with E-state index in [1.54, 1.807) is 42.5 Å². The van der Waals surface area contributed by atoms with Gasteiger partial charge in [-0.1, -0.05) is 18.2 Å². The lowest BCUT2D eigenvalue weighted by Crippen LogP contribution is -2.46. The van der Waals surface area contributed by atoms with Crippen molar-refractivity contribution in [1.82, 2.24) is 4.90 Å². The molecule has 0 N–H and O–H groups in total. The molecule has 1 aliphatic heterocycles. The Bertz CT molecular complexity index is 872. The van der Waals surface area contributed by atoms with Crippen LogP contribution < -0.4 is 9.47 Å². The fourth-order valence-electron chi connectivity index (χ4n) is 3.14. The number of fused-ring (bicyclic) bond motifs is 1. The lowest BCUT2D eigenvalue weighted by atomic mass is 10.0. The van der Waals surface area contributed by atoms with Gasteiger partial charge in [-0.15, -0.1) is 0 Å². The number of nitrogens with zero attached hydrogens (tertiary/aromatic N) is 1. The fraction of sp³-hybridized carbons (Fsp3) is 0.250. The number of esters is 1. The molecule has 2 amide bonds. The Hall–Kier alpha value is -3.35. The van der Waals surface area contributed by atoms with Crippen LogP contribution in [0.3, 0.4) is 0 Å². The van der Waals surface area contributed by atoms with Crippen LogP contribution in [-0.2, 0) is 16.0 Å². The van der Waals surface area contributed by atoms with Crippen LogP contribution in [0.25, 0.3) is 0 Å². The molecule has 7 heteroatoms. The molecule has 0 saturated carbocycles. The number of methoxy groups -OCH3 is 3. The molecule has 3 rings (SSSR count). The van der Waals surface area contributed by atoms with Gasteiger partial charge in [0.15, 0.2) is 0 Å². The van der Waals surface area contributed by atoms with Gasteiger partial charge in [-0.25, -0.2) is 4.79 Å². The first-order chi connectivity index (χ1) is 13.0. The summed E-state index contributed by atoms with van der Waals surface area (Å²) in [6.07, 6.45) is 0.0608. The maximum atomic E-state index is 12.8. The van der Waals surface area contributed by atoms with Crippen molar-refractivity contribution in [2.24, 2.45) is 0 Å². The van der Waals surface area contributed by atoms with Crippen molar-refractivity contribution >= 4 is 17.8 Å². The Kier molecular flexibility index (Phi) is 5.12. The van der Waals surface area contributed by atoms with Crippen LogP contribution in [0.5, 0.6) is 11.5 Å². The van der Waals surface area contributed by atoms with Gasteiger partial charge < -0.3 is 14.2 Å². The highest BCUT2D eigenvalue weighted by atomic mass is 16.5. The molecular weight excluding hydrogens is 350 g/mol. The first-order valence-electron chi connectivity index (χ1n) is 8.27. The Balaban J connectivity index is 1.98. The third-order valence-corrected chi connectivity index (χ3v) is 4.52. The van der Waals surface area contributed by atoms with Crippen LogP contribution in [0.1, 0.15) is 26.3 Å². The smallest absolute Gasteiger partial charge is 0.329 e. The predicted molar refractivity (Wildman–Crippen MR) is 96.0 cm³/mol. The highest BCUT2D eigenvalue weighted by molar-refractivity contribution is 6.22. The molecule has 0 aliphatic carbocycles. The van der Waals surface area contributed by atoms with E-state index in [0.717, 1.165) is 4.90 Å². The van der Waals surface area contributed by atoms with Gasteiger partial charge in [-0.05, 0) is 23.8 Å². The first-order valence-corrected chi connectivity index (χ1v) is 8.27. The van der Waals surface area contributed by atoms with E-state index >= 15 is 0 Å². The van der Waals surface area contributed by atoms with Gasteiger partial charge in [0.1, 0.15) is 17.5 Å². The van der Waals surface area contributed by atoms with Crippen molar-refractivity contribution in [3.05, 3.63) is 59.2 Å². The number of imide groups is 1. The van der Waals surface area contributed by atoms with Crippen molar-refractivity contribution in [2.75, 3.05) is 21.3 Å². The lowest BCUT2D eigenvalue weighted by Gasteiger charge is -2.24. The molecule has 0 spiro atoms. The number of ether oxygens (including phenoxy) is 3. The Morgan fingerprint density at radius 2 is 1.59 bits per heavy atom. The molecule has 0 saturated heterocycles. The van der Waals surface area contributed by atoms with Crippen LogP contribution in [0.4, 0.5) is 0 Å². The molecule has 0 unspecified atom stereocenters. The van der Waals surface area contributed by atoms with E-state index in [2.05, 4.69) is 0 Å². The molecule has 2 aromatic carbocycles. The minimum atomic E-state index is -1.11. The van der Waals surface area contributed by atoms with Crippen molar-refractivity contribution in [3.8, 4) is 11.5 Å². The summed E-state index contributed by atoms with van der Waals surface area (Å²) < 4.78 is 15.4. The van der Waals surface area contributed by atoms with E-state index in [-0.39, 0.29) is 17.5 Å². The normalized spacial score (nSPS) is 14.0. The van der Waals surface area contributed by atoms with Gasteiger partial charge in [-0.2, -0.15) is 0 Å². The van der Waals surface area contributed by atoms with Gasteiger partial charge in [-0.3, -0.25) is 14.5 Å². The number of amides is 2. The van der Waals surface area contributed by atoms with Crippen LogP contribution >= 0.6 is 0 Å². The molecule has 140 valence electrons. The molecule has 1 aliphatic rings. The monoisotopic (exact) mass is 369 g/mol. The van der Waals surface area contributed by atoms with E-state index in [4.69, 9.17) is 14.2 Å². The SMILES string of the molecule is COC(=O)[C@H](Cc1ccc(OC)cc1OC)N1C(=O)c2ccccc2C1=O. The number of rotatable bonds is 6. The second kappa shape index (κ2) is 7.49. The zero-order valence-electron chi connectivity index (χ0n) is 15.2. The van der Waals surface area contributed by atoms with Crippen LogP contribution in [0.15, 0.2) is 42.5 Å². The number of hydrogen-bond acceptors (Lipinski definition) is 6. The average molecular weight is 369 g/mol. The van der Waals surface area contributed by atoms with Crippen molar-refractivity contribution < 1.29 is 28.6 Å². The molecule has 1 heterocycles. The van der Waals surface area contributed by atoms with Gasteiger partial charge in [0, 0.05) is 12.5 Å². The number of carbonyl (C=O) groups is 3. The summed E-state index contributed by atoms with van der Waals surface area (Å²) >= 11 is 0. The minimum Gasteiger partial charge on any atom is -0.497 e. The van der Waals surface area contributed by atoms with E-state index < -0.39 is 23.8 Å². The third kappa shape index (κ3) is 3.23. The maximum Gasteiger partial charge on any atom is 0.329 e. The molecule has 0 bridgehead atoms. The lowest BCUT2D eigenvalue weighted by molar-refractivity contribution is -0.145. The summed E-state index contributed by atoms with van der Waals surface area (Å²) in [5, 5.41) is 0. The standard InChI is InChI=1S/C20H19NO6/c1-25-13-9-8-12(17(11-13)26-2)10-16(20(24)27-3)21-18(22)14-6-4-5-7-15(14)19(21)23/h4-9,11,16H,10H2,1-3H3/t16-/m0/s1. The molecule has 0 fully saturated rings. The maximum absolute atomic E-state index is 12.8. The first kappa shape index (κ1) is 18.4. The molecule has 1 atom stereocenters. The number of carbonyl (C=O) groups excluding carboxylic acids is 3. The minimum absolute atomic E-state index is 0.0608. The van der Waals surface area contributed by atoms with Crippen LogP contribution in [0.2, 0.25) is 0 Å². The third-order valence-electron chi connectivity index (χ3n) is 4.52. The van der Waals surface area contributed by atoms with E-state index in [9.17, 15) is 14.4 Å². The highest BCUT2D eigenvalue weighted by Crippen LogP contribution is 2.30. The highest BCUT2D eigenvalue weighted by Gasteiger charge is 2.43. The molecule has 0 radical (unpaired) electrons. The topological polar surface area (TPSA) is 82.1 Å². The molecule has 0 aromatic heterocycles. The molecular formula is C20H19NO6. The van der Waals surface area contributed by atoms with Crippen LogP contribution in [-0.4, -0.2) is 50.1 Å². The summed E-state index contributed by atoms with van der Waals surface area (Å²) in [6, 6.07) is 10.5. The number of benzene rings is 2. The molecule has 2 aromatic rings. The van der Waals surface area contributed by atoms with E-state index in [1.165, 1.54) is 21.3 Å². The summed E-state index contributed by atoms with van der Waals surface area (Å²) in [6.45, 7) is 0. The zero-order chi connectivity index (χ0) is 19.6. The molecule has 7 nitrogen and oxygen atoms in total. The molecule has 27 heavy (non-hydrogen) atoms. The van der Waals surface area contributed by atoms with E-state index in [0.29, 0.717) is 17.1 Å². The Morgan fingerprint density at radius 3 is 2.11 bits per heavy atom. The second-order valence-electron chi connectivity index (χ2n) is 5.95. The van der Waals surface area contributed by atoms with E-state index in [1.807, 2.05) is 0 Å². The Labute approximate surface area is 156 Å². The van der Waals surface area contributed by atoms with Crippen molar-refractivity contribution in [2.45, 2.75) is 12.5 Å². The van der Waals surface area contributed by atoms with Gasteiger partial charge >= 0.3 is 5.97 Å². The summed E-state index contributed by atoms with van der Waals surface area (Å²) in [5.74, 6) is -0.634. The predicted octanol–water partition coefficient (Wildman–Crippen LogP) is 2.08. The average Bonchev–Trinajstić information content (AvgIpc) is 2.96. The largest absolute Gasteiger partial charge is 0.497 e. The van der Waals surface area contributed by atoms with Gasteiger partial charge in [0.2, 0.25) is 0 Å². The van der Waals surface area contributed by atoms with Gasteiger partial charge in [0.05, 0.1) is 32.5 Å². The number of hydrogen-bond donors (Lipinski definition) is 0. The second-order valence-corrected chi connectivity index (χ2v) is 5.95. The van der Waals surface area contributed by atoms with Crippen LogP contribution in [0, 0.1) is 0 Å². The van der Waals surface area contributed by atoms with Gasteiger partial charge in [0.25, 0.3) is 11.8 Å². The van der Waals surface area contributed by atoms with Crippen molar-refractivity contribution in [3.63, 3.8) is 0 Å². The quantitative estimate of drug-likeness (QED) is 0.573.